The highest BCUT2D eigenvalue weighted by Crippen LogP contribution is 2.44. The van der Waals surface area contributed by atoms with Crippen molar-refractivity contribution in [2.75, 3.05) is 18.0 Å². The zero-order chi connectivity index (χ0) is 16.1. The molecule has 2 aromatic rings. The lowest BCUT2D eigenvalue weighted by atomic mass is 9.80. The molecule has 4 rings (SSSR count). The second-order valence-electron chi connectivity index (χ2n) is 7.44. The number of rotatable bonds is 1. The summed E-state index contributed by atoms with van der Waals surface area (Å²) < 4.78 is 0. The van der Waals surface area contributed by atoms with E-state index in [1.807, 2.05) is 0 Å². The Balaban J connectivity index is 2.02. The second-order valence-corrected chi connectivity index (χ2v) is 7.44. The molecule has 23 heavy (non-hydrogen) atoms. The molecule has 0 amide bonds. The lowest BCUT2D eigenvalue weighted by Gasteiger charge is -2.39. The van der Waals surface area contributed by atoms with Crippen molar-refractivity contribution in [2.45, 2.75) is 53.4 Å². The maximum absolute atomic E-state index is 2.66. The van der Waals surface area contributed by atoms with Crippen LogP contribution in [0, 0.1) is 27.7 Å². The Morgan fingerprint density at radius 3 is 2.00 bits per heavy atom. The monoisotopic (exact) mass is 305 g/mol. The van der Waals surface area contributed by atoms with E-state index in [1.165, 1.54) is 72.2 Å². The van der Waals surface area contributed by atoms with Gasteiger partial charge in [-0.2, -0.15) is 0 Å². The molecule has 0 N–H and O–H groups in total. The quantitative estimate of drug-likeness (QED) is 0.692. The van der Waals surface area contributed by atoms with E-state index in [-0.39, 0.29) is 0 Å². The first-order valence-electron chi connectivity index (χ1n) is 9.05. The lowest BCUT2D eigenvalue weighted by Crippen LogP contribution is -2.35. The largest absolute Gasteiger partial charge is 0.371 e. The van der Waals surface area contributed by atoms with E-state index in [9.17, 15) is 0 Å². The lowest BCUT2D eigenvalue weighted by molar-refractivity contribution is 0.630. The molecule has 0 bridgehead atoms. The van der Waals surface area contributed by atoms with Crippen molar-refractivity contribution >= 4 is 5.69 Å². The topological polar surface area (TPSA) is 3.24 Å². The Morgan fingerprint density at radius 1 is 0.826 bits per heavy atom. The molecule has 0 aromatic heterocycles. The first-order valence-corrected chi connectivity index (χ1v) is 9.05. The number of aryl methyl sites for hydroxylation is 2. The number of nitrogens with zero attached hydrogens (tertiary/aromatic N) is 1. The summed E-state index contributed by atoms with van der Waals surface area (Å²) in [4.78, 5) is 2.66. The third kappa shape index (κ3) is 2.21. The molecular formula is C22H27N. The van der Waals surface area contributed by atoms with Gasteiger partial charge in [-0.15, -0.1) is 0 Å². The number of hydrogen-bond acceptors (Lipinski definition) is 1. The molecule has 0 fully saturated rings. The van der Waals surface area contributed by atoms with Gasteiger partial charge in [0.25, 0.3) is 0 Å². The van der Waals surface area contributed by atoms with E-state index < -0.39 is 0 Å². The van der Waals surface area contributed by atoms with E-state index in [4.69, 9.17) is 0 Å². The van der Waals surface area contributed by atoms with Crippen LogP contribution in [0.1, 0.15) is 46.2 Å². The van der Waals surface area contributed by atoms with Crippen molar-refractivity contribution in [1.29, 1.82) is 0 Å². The Kier molecular flexibility index (Phi) is 3.48. The summed E-state index contributed by atoms with van der Waals surface area (Å²) >= 11 is 0. The second kappa shape index (κ2) is 5.40. The van der Waals surface area contributed by atoms with Crippen molar-refractivity contribution in [3.63, 3.8) is 0 Å². The van der Waals surface area contributed by atoms with Gasteiger partial charge in [0, 0.05) is 18.8 Å². The van der Waals surface area contributed by atoms with Gasteiger partial charge in [0.2, 0.25) is 0 Å². The third-order valence-corrected chi connectivity index (χ3v) is 5.90. The minimum Gasteiger partial charge on any atom is -0.371 e. The molecule has 0 aliphatic carbocycles. The first-order chi connectivity index (χ1) is 11.1. The van der Waals surface area contributed by atoms with Gasteiger partial charge in [-0.1, -0.05) is 23.8 Å². The van der Waals surface area contributed by atoms with E-state index in [2.05, 4.69) is 50.8 Å². The predicted molar refractivity (Wildman–Crippen MR) is 99.7 cm³/mol. The zero-order valence-electron chi connectivity index (χ0n) is 14.9. The van der Waals surface area contributed by atoms with Crippen molar-refractivity contribution in [3.05, 3.63) is 51.6 Å². The SMILES string of the molecule is Cc1ccc(-c2c(C)c3c4c(c2C)CCCN4CCC3)c(C)c1. The van der Waals surface area contributed by atoms with Gasteiger partial charge < -0.3 is 4.90 Å². The average molecular weight is 305 g/mol. The van der Waals surface area contributed by atoms with Crippen LogP contribution >= 0.6 is 0 Å². The Hall–Kier alpha value is -1.76. The van der Waals surface area contributed by atoms with Crippen molar-refractivity contribution in [2.24, 2.45) is 0 Å². The molecule has 0 spiro atoms. The number of hydrogen-bond donors (Lipinski definition) is 0. The standard InChI is InChI=1S/C22H27N/c1-14-9-10-18(15(2)13-14)21-16(3)19-7-5-11-23-12-6-8-20(17(21)4)22(19)23/h9-10,13H,5-8,11-12H2,1-4H3. The number of anilines is 1. The van der Waals surface area contributed by atoms with Gasteiger partial charge in [-0.25, -0.2) is 0 Å². The molecule has 2 aliphatic rings. The van der Waals surface area contributed by atoms with E-state index >= 15 is 0 Å². The zero-order valence-corrected chi connectivity index (χ0v) is 14.9. The van der Waals surface area contributed by atoms with Gasteiger partial charge in [-0.05, 0) is 92.3 Å². The van der Waals surface area contributed by atoms with Crippen LogP contribution in [0.25, 0.3) is 11.1 Å². The molecule has 120 valence electrons. The highest BCUT2D eigenvalue weighted by molar-refractivity contribution is 5.82. The van der Waals surface area contributed by atoms with E-state index in [1.54, 1.807) is 16.8 Å². The summed E-state index contributed by atoms with van der Waals surface area (Å²) in [6.07, 6.45) is 5.12. The summed E-state index contributed by atoms with van der Waals surface area (Å²) in [6, 6.07) is 6.92. The summed E-state index contributed by atoms with van der Waals surface area (Å²) in [5, 5.41) is 0. The molecular weight excluding hydrogens is 278 g/mol. The predicted octanol–water partition coefficient (Wildman–Crippen LogP) is 5.29. The van der Waals surface area contributed by atoms with E-state index in [0.717, 1.165) is 0 Å². The molecule has 0 saturated carbocycles. The molecule has 0 radical (unpaired) electrons. The summed E-state index contributed by atoms with van der Waals surface area (Å²) in [5.41, 5.74) is 13.6. The minimum absolute atomic E-state index is 1.25. The maximum atomic E-state index is 2.66. The Bertz CT molecular complexity index is 748. The van der Waals surface area contributed by atoms with Gasteiger partial charge in [0.05, 0.1) is 0 Å². The molecule has 2 aliphatic heterocycles. The van der Waals surface area contributed by atoms with Crippen LogP contribution in [0.2, 0.25) is 0 Å². The van der Waals surface area contributed by atoms with Crippen LogP contribution < -0.4 is 4.90 Å². The molecule has 2 aromatic carbocycles. The van der Waals surface area contributed by atoms with Gasteiger partial charge in [-0.3, -0.25) is 0 Å². The molecule has 2 heterocycles. The fourth-order valence-corrected chi connectivity index (χ4v) is 4.84. The third-order valence-electron chi connectivity index (χ3n) is 5.90. The van der Waals surface area contributed by atoms with Crippen LogP contribution in [0.15, 0.2) is 18.2 Å². The summed E-state index contributed by atoms with van der Waals surface area (Å²) in [6.45, 7) is 11.7. The summed E-state index contributed by atoms with van der Waals surface area (Å²) in [7, 11) is 0. The highest BCUT2D eigenvalue weighted by atomic mass is 15.1. The molecule has 1 heteroatoms. The van der Waals surface area contributed by atoms with Crippen LogP contribution in [-0.2, 0) is 12.8 Å². The van der Waals surface area contributed by atoms with Gasteiger partial charge in [0.1, 0.15) is 0 Å². The van der Waals surface area contributed by atoms with Crippen LogP contribution in [0.5, 0.6) is 0 Å². The maximum Gasteiger partial charge on any atom is 0.0437 e. The fourth-order valence-electron chi connectivity index (χ4n) is 4.84. The smallest absolute Gasteiger partial charge is 0.0437 e. The summed E-state index contributed by atoms with van der Waals surface area (Å²) in [5.74, 6) is 0. The van der Waals surface area contributed by atoms with Crippen LogP contribution in [0.3, 0.4) is 0 Å². The molecule has 0 saturated heterocycles. The molecule has 0 atom stereocenters. The van der Waals surface area contributed by atoms with Crippen LogP contribution in [0.4, 0.5) is 5.69 Å². The van der Waals surface area contributed by atoms with Gasteiger partial charge >= 0.3 is 0 Å². The molecule has 0 unspecified atom stereocenters. The van der Waals surface area contributed by atoms with Crippen molar-refractivity contribution in [1.82, 2.24) is 0 Å². The number of benzene rings is 2. The van der Waals surface area contributed by atoms with Gasteiger partial charge in [0.15, 0.2) is 0 Å². The normalized spacial score (nSPS) is 16.4. The van der Waals surface area contributed by atoms with E-state index in [0.29, 0.717) is 0 Å². The first kappa shape index (κ1) is 14.8. The van der Waals surface area contributed by atoms with Crippen molar-refractivity contribution < 1.29 is 0 Å². The Morgan fingerprint density at radius 2 is 1.43 bits per heavy atom. The molecule has 1 nitrogen and oxygen atoms in total. The highest BCUT2D eigenvalue weighted by Gasteiger charge is 2.29. The minimum atomic E-state index is 1.25. The van der Waals surface area contributed by atoms with Crippen LogP contribution in [-0.4, -0.2) is 13.1 Å². The average Bonchev–Trinajstić information content (AvgIpc) is 2.54. The Labute approximate surface area is 140 Å². The van der Waals surface area contributed by atoms with Crippen molar-refractivity contribution in [3.8, 4) is 11.1 Å². The fraction of sp³-hybridized carbons (Fsp3) is 0.455.